The highest BCUT2D eigenvalue weighted by atomic mass is 127. The van der Waals surface area contributed by atoms with Crippen molar-refractivity contribution in [1.29, 1.82) is 5.26 Å². The Kier molecular flexibility index (Phi) is 5.83. The van der Waals surface area contributed by atoms with Gasteiger partial charge < -0.3 is 5.32 Å². The first kappa shape index (κ1) is 16.8. The zero-order chi connectivity index (χ0) is 16.1. The molecular weight excluding hydrogens is 434 g/mol. The van der Waals surface area contributed by atoms with Gasteiger partial charge in [0.05, 0.1) is 0 Å². The molecule has 0 heterocycles. The van der Waals surface area contributed by atoms with Crippen molar-refractivity contribution in [3.63, 3.8) is 0 Å². The molecule has 2 rings (SSSR count). The van der Waals surface area contributed by atoms with Crippen molar-refractivity contribution in [1.82, 2.24) is 0 Å². The molecule has 0 saturated heterocycles. The Balaban J connectivity index is 2.30. The van der Waals surface area contributed by atoms with Crippen LogP contribution in [-0.2, 0) is 4.79 Å². The minimum atomic E-state index is -0.513. The van der Waals surface area contributed by atoms with Crippen LogP contribution >= 0.6 is 45.8 Å². The maximum absolute atomic E-state index is 12.2. The van der Waals surface area contributed by atoms with Crippen LogP contribution < -0.4 is 5.32 Å². The highest BCUT2D eigenvalue weighted by molar-refractivity contribution is 14.1. The molecule has 1 N–H and O–H groups in total. The van der Waals surface area contributed by atoms with Gasteiger partial charge in [0, 0.05) is 24.9 Å². The summed E-state index contributed by atoms with van der Waals surface area (Å²) >= 11 is 14.2. The van der Waals surface area contributed by atoms with Gasteiger partial charge in [-0.25, -0.2) is 0 Å². The predicted molar refractivity (Wildman–Crippen MR) is 97.8 cm³/mol. The number of carbonyl (C=O) groups is 1. The maximum Gasteiger partial charge on any atom is 0.266 e. The lowest BCUT2D eigenvalue weighted by atomic mass is 10.1. The maximum atomic E-state index is 12.2. The Morgan fingerprint density at radius 1 is 1.18 bits per heavy atom. The van der Waals surface area contributed by atoms with E-state index in [-0.39, 0.29) is 5.57 Å². The molecule has 0 saturated carbocycles. The number of amides is 1. The van der Waals surface area contributed by atoms with E-state index in [1.165, 1.54) is 6.08 Å². The lowest BCUT2D eigenvalue weighted by molar-refractivity contribution is -0.112. The Hall–Kier alpha value is -1.55. The van der Waals surface area contributed by atoms with Crippen LogP contribution in [-0.4, -0.2) is 5.91 Å². The lowest BCUT2D eigenvalue weighted by Gasteiger charge is -2.06. The van der Waals surface area contributed by atoms with Crippen molar-refractivity contribution < 1.29 is 4.79 Å². The smallest absolute Gasteiger partial charge is 0.266 e. The summed E-state index contributed by atoms with van der Waals surface area (Å²) in [6, 6.07) is 14.1. The quantitative estimate of drug-likeness (QED) is 0.406. The summed E-state index contributed by atoms with van der Waals surface area (Å²) in [6.07, 6.45) is 1.38. The molecule has 22 heavy (non-hydrogen) atoms. The van der Waals surface area contributed by atoms with Gasteiger partial charge in [0.2, 0.25) is 0 Å². The Labute approximate surface area is 151 Å². The van der Waals surface area contributed by atoms with E-state index in [0.29, 0.717) is 21.3 Å². The summed E-state index contributed by atoms with van der Waals surface area (Å²) in [5.41, 5.74) is 0.984. The number of nitriles is 1. The number of benzene rings is 2. The number of anilines is 1. The van der Waals surface area contributed by atoms with Gasteiger partial charge in [0.1, 0.15) is 11.6 Å². The van der Waals surface area contributed by atoms with Gasteiger partial charge >= 0.3 is 0 Å². The van der Waals surface area contributed by atoms with E-state index in [2.05, 4.69) is 27.9 Å². The number of halogens is 3. The van der Waals surface area contributed by atoms with Crippen LogP contribution in [0.25, 0.3) is 6.08 Å². The van der Waals surface area contributed by atoms with E-state index in [4.69, 9.17) is 23.2 Å². The molecule has 110 valence electrons. The van der Waals surface area contributed by atoms with E-state index in [9.17, 15) is 10.1 Å². The van der Waals surface area contributed by atoms with E-state index in [1.807, 2.05) is 18.2 Å². The number of carbonyl (C=O) groups excluding carboxylic acids is 1. The number of nitrogens with one attached hydrogen (secondary N) is 1. The third-order valence-corrected chi connectivity index (χ3v) is 4.07. The van der Waals surface area contributed by atoms with E-state index in [0.717, 1.165) is 3.57 Å². The zero-order valence-corrected chi connectivity index (χ0v) is 14.8. The lowest BCUT2D eigenvalue weighted by Crippen LogP contribution is -2.13. The summed E-state index contributed by atoms with van der Waals surface area (Å²) in [5, 5.41) is 12.6. The molecule has 0 atom stereocenters. The molecule has 0 aliphatic carbocycles. The summed E-state index contributed by atoms with van der Waals surface area (Å²) in [5.74, 6) is -0.513. The molecular formula is C16H9Cl2IN2O. The molecule has 3 nitrogen and oxygen atoms in total. The van der Waals surface area contributed by atoms with Crippen LogP contribution in [0.5, 0.6) is 0 Å². The van der Waals surface area contributed by atoms with Gasteiger partial charge in [-0.2, -0.15) is 5.26 Å². The molecule has 0 fully saturated rings. The summed E-state index contributed by atoms with van der Waals surface area (Å²) in [6.45, 7) is 0. The topological polar surface area (TPSA) is 52.9 Å². The van der Waals surface area contributed by atoms with Crippen LogP contribution in [0, 0.1) is 14.9 Å². The molecule has 0 radical (unpaired) electrons. The van der Waals surface area contributed by atoms with Crippen LogP contribution in [0.4, 0.5) is 5.69 Å². The third kappa shape index (κ3) is 4.23. The van der Waals surface area contributed by atoms with Crippen LogP contribution in [0.2, 0.25) is 10.0 Å². The van der Waals surface area contributed by atoms with Gasteiger partial charge in [0.25, 0.3) is 5.91 Å². The fourth-order valence-corrected chi connectivity index (χ4v) is 2.76. The fourth-order valence-electron chi connectivity index (χ4n) is 1.71. The molecule has 0 aromatic heterocycles. The number of nitrogens with zero attached hydrogens (tertiary/aromatic N) is 1. The second-order valence-electron chi connectivity index (χ2n) is 4.27. The number of hydrogen-bond donors (Lipinski definition) is 1. The first-order valence-electron chi connectivity index (χ1n) is 6.14. The zero-order valence-electron chi connectivity index (χ0n) is 11.1. The summed E-state index contributed by atoms with van der Waals surface area (Å²) < 4.78 is 0.979. The highest BCUT2D eigenvalue weighted by Gasteiger charge is 2.12. The van der Waals surface area contributed by atoms with Crippen molar-refractivity contribution in [2.45, 2.75) is 0 Å². The molecule has 0 aliphatic rings. The number of hydrogen-bond acceptors (Lipinski definition) is 2. The van der Waals surface area contributed by atoms with Gasteiger partial charge in [-0.15, -0.1) is 0 Å². The molecule has 2 aromatic rings. The second-order valence-corrected chi connectivity index (χ2v) is 6.33. The first-order valence-corrected chi connectivity index (χ1v) is 7.97. The Morgan fingerprint density at radius 3 is 2.41 bits per heavy atom. The second kappa shape index (κ2) is 7.63. The summed E-state index contributed by atoms with van der Waals surface area (Å²) in [4.78, 5) is 12.2. The van der Waals surface area contributed by atoms with E-state index < -0.39 is 5.91 Å². The van der Waals surface area contributed by atoms with Crippen molar-refractivity contribution in [3.8, 4) is 6.07 Å². The average Bonchev–Trinajstić information content (AvgIpc) is 2.47. The van der Waals surface area contributed by atoms with Gasteiger partial charge in [-0.1, -0.05) is 35.3 Å². The third-order valence-electron chi connectivity index (χ3n) is 2.74. The standard InChI is InChI=1S/C16H9Cl2IN2O/c17-14-5-2-6-15(18)13(14)7-10(9-20)16(22)21-12-4-1-3-11(19)8-12/h1-8H,(H,21,22)/b10-7+. The Morgan fingerprint density at radius 2 is 1.82 bits per heavy atom. The molecule has 6 heteroatoms. The van der Waals surface area contributed by atoms with E-state index >= 15 is 0 Å². The van der Waals surface area contributed by atoms with Crippen LogP contribution in [0.3, 0.4) is 0 Å². The highest BCUT2D eigenvalue weighted by Crippen LogP contribution is 2.26. The van der Waals surface area contributed by atoms with Gasteiger partial charge in [0.15, 0.2) is 0 Å². The van der Waals surface area contributed by atoms with Crippen LogP contribution in [0.15, 0.2) is 48.0 Å². The van der Waals surface area contributed by atoms with Crippen molar-refractivity contribution in [3.05, 3.63) is 67.2 Å². The minimum Gasteiger partial charge on any atom is -0.321 e. The Bertz CT molecular complexity index is 777. The van der Waals surface area contributed by atoms with Gasteiger partial charge in [-0.3, -0.25) is 4.79 Å². The monoisotopic (exact) mass is 442 g/mol. The first-order chi connectivity index (χ1) is 10.5. The molecule has 1 amide bonds. The largest absolute Gasteiger partial charge is 0.321 e. The molecule has 0 aliphatic heterocycles. The minimum absolute atomic E-state index is 0.0751. The predicted octanol–water partition coefficient (Wildman–Crippen LogP) is 5.14. The van der Waals surface area contributed by atoms with Crippen molar-refractivity contribution in [2.75, 3.05) is 5.32 Å². The number of rotatable bonds is 3. The normalized spacial score (nSPS) is 10.9. The molecule has 2 aromatic carbocycles. The molecule has 0 bridgehead atoms. The SMILES string of the molecule is N#C/C(=C\c1c(Cl)cccc1Cl)C(=O)Nc1cccc(I)c1. The molecule has 0 spiro atoms. The van der Waals surface area contributed by atoms with Crippen molar-refractivity contribution in [2.24, 2.45) is 0 Å². The van der Waals surface area contributed by atoms with Crippen molar-refractivity contribution >= 4 is 63.5 Å². The fraction of sp³-hybridized carbons (Fsp3) is 0. The van der Waals surface area contributed by atoms with Gasteiger partial charge in [-0.05, 0) is 59.0 Å². The van der Waals surface area contributed by atoms with E-state index in [1.54, 1.807) is 30.3 Å². The molecule has 0 unspecified atom stereocenters. The van der Waals surface area contributed by atoms with Crippen LogP contribution in [0.1, 0.15) is 5.56 Å². The summed E-state index contributed by atoms with van der Waals surface area (Å²) in [7, 11) is 0. The average molecular weight is 443 g/mol.